The highest BCUT2D eigenvalue weighted by atomic mass is 32.2. The lowest BCUT2D eigenvalue weighted by atomic mass is 9.90. The van der Waals surface area contributed by atoms with Gasteiger partial charge in [-0.2, -0.15) is 8.42 Å². The second-order valence-electron chi connectivity index (χ2n) is 17.2. The Morgan fingerprint density at radius 3 is 1.53 bits per heavy atom. The molecule has 330 valence electrons. The highest BCUT2D eigenvalue weighted by Gasteiger charge is 2.29. The van der Waals surface area contributed by atoms with E-state index in [1.807, 2.05) is 94.4 Å². The second kappa shape index (κ2) is 24.9. The van der Waals surface area contributed by atoms with Gasteiger partial charge in [0.2, 0.25) is 5.91 Å². The van der Waals surface area contributed by atoms with E-state index in [-0.39, 0.29) is 31.3 Å². The first-order chi connectivity index (χ1) is 27.3. The van der Waals surface area contributed by atoms with Gasteiger partial charge in [0.05, 0.1) is 24.6 Å². The van der Waals surface area contributed by atoms with Gasteiger partial charge in [-0.3, -0.25) is 13.9 Å². The summed E-state index contributed by atoms with van der Waals surface area (Å²) in [7, 11) is -1.73. The van der Waals surface area contributed by atoms with Crippen LogP contribution in [-0.2, 0) is 23.8 Å². The molecule has 12 heteroatoms. The zero-order chi connectivity index (χ0) is 45.0. The molecule has 0 aromatic heterocycles. The third kappa shape index (κ3) is 24.6. The van der Waals surface area contributed by atoms with Crippen LogP contribution in [0.15, 0.2) is 91.5 Å². The predicted molar refractivity (Wildman–Crippen MR) is 241 cm³/mol. The average Bonchev–Trinajstić information content (AvgIpc) is 4.00. The summed E-state index contributed by atoms with van der Waals surface area (Å²) in [6.45, 7) is 28.3. The van der Waals surface area contributed by atoms with Crippen LogP contribution in [0.4, 0.5) is 0 Å². The number of benzene rings is 3. The molecule has 1 saturated heterocycles. The molecule has 3 N–H and O–H groups in total. The van der Waals surface area contributed by atoms with Gasteiger partial charge in [0.1, 0.15) is 30.8 Å². The minimum absolute atomic E-state index is 0.123. The van der Waals surface area contributed by atoms with Crippen LogP contribution in [0.5, 0.6) is 11.5 Å². The Morgan fingerprint density at radius 1 is 0.780 bits per heavy atom. The topological polar surface area (TPSA) is 144 Å². The highest BCUT2D eigenvalue weighted by Crippen LogP contribution is 2.34. The standard InChI is InChI=1S/C29H34O5.C7H13NO.C6H13N.C5H12O3S/c1-4-25(30)19-33-27-14-10-23(11-15-27)29(21(2)22-8-6-5-7-9-22)24-12-16-28(17-13-24)34-20-26(31)18-32-3;1-5-6(9)8-7(2,3)4;1-6(2,3)7-4-5-7;1-5(2,3)8-9(4,6)7/h5-17,25-26,30-31H,4,18-20H2,1-3H3;5H,1H2,2-4H3,(H,8,9);4-5H2,1-3H3;1-4H3/b29-21+;;;. The number of aliphatic hydroxyl groups excluding tert-OH is 2. The molecule has 1 aliphatic heterocycles. The number of aliphatic hydroxyl groups is 2. The Bertz CT molecular complexity index is 1800. The molecule has 1 amide bonds. The van der Waals surface area contributed by atoms with Crippen LogP contribution in [-0.4, -0.2) is 105 Å². The van der Waals surface area contributed by atoms with E-state index in [0.717, 1.165) is 39.8 Å². The van der Waals surface area contributed by atoms with E-state index in [4.69, 9.17) is 14.2 Å². The Morgan fingerprint density at radius 2 is 1.24 bits per heavy atom. The van der Waals surface area contributed by atoms with Crippen LogP contribution in [0.2, 0.25) is 0 Å². The smallest absolute Gasteiger partial charge is 0.264 e. The number of nitrogens with zero attached hydrogens (tertiary/aromatic N) is 1. The summed E-state index contributed by atoms with van der Waals surface area (Å²) in [6, 6.07) is 26.1. The maximum atomic E-state index is 10.6. The minimum Gasteiger partial charge on any atom is -0.491 e. The van der Waals surface area contributed by atoms with Gasteiger partial charge in [-0.25, -0.2) is 0 Å². The third-order valence-corrected chi connectivity index (χ3v) is 8.87. The number of carbonyl (C=O) groups is 1. The highest BCUT2D eigenvalue weighted by molar-refractivity contribution is 7.86. The quantitative estimate of drug-likeness (QED) is 0.0630. The van der Waals surface area contributed by atoms with Crippen LogP contribution in [0, 0.1) is 0 Å². The van der Waals surface area contributed by atoms with Gasteiger partial charge in [0.25, 0.3) is 10.1 Å². The van der Waals surface area contributed by atoms with Crippen LogP contribution in [0.25, 0.3) is 11.1 Å². The number of amides is 1. The van der Waals surface area contributed by atoms with Crippen molar-refractivity contribution in [2.24, 2.45) is 0 Å². The number of hydrogen-bond acceptors (Lipinski definition) is 10. The van der Waals surface area contributed by atoms with Crippen LogP contribution in [0.1, 0.15) is 99.3 Å². The first kappa shape index (κ1) is 53.0. The average molecular weight is 841 g/mol. The van der Waals surface area contributed by atoms with Gasteiger partial charge in [-0.1, -0.05) is 68.1 Å². The third-order valence-electron chi connectivity index (χ3n) is 8.06. The SMILES string of the molecule is C=CC(=O)NC(C)(C)C.CC(C)(C)N1CC1.CC(C)(C)OS(C)(=O)=O.CCC(O)COc1ccc(/C(=C(/C)c2ccccc2)c2ccc(OCC(O)COC)cc2)cc1. The number of hydrogen-bond donors (Lipinski definition) is 3. The lowest BCUT2D eigenvalue weighted by Gasteiger charge is -2.18. The van der Waals surface area contributed by atoms with Crippen LogP contribution in [0.3, 0.4) is 0 Å². The van der Waals surface area contributed by atoms with E-state index in [2.05, 4.69) is 60.8 Å². The van der Waals surface area contributed by atoms with Crippen LogP contribution >= 0.6 is 0 Å². The number of carbonyl (C=O) groups excluding carboxylic acids is 1. The molecule has 0 bridgehead atoms. The fourth-order valence-corrected chi connectivity index (χ4v) is 6.11. The van der Waals surface area contributed by atoms with Gasteiger partial charge in [0.15, 0.2) is 0 Å². The van der Waals surface area contributed by atoms with Gasteiger partial charge >= 0.3 is 0 Å². The van der Waals surface area contributed by atoms with E-state index >= 15 is 0 Å². The van der Waals surface area contributed by atoms with Crippen molar-refractivity contribution in [3.63, 3.8) is 0 Å². The van der Waals surface area contributed by atoms with Crippen molar-refractivity contribution in [2.45, 2.75) is 111 Å². The predicted octanol–water partition coefficient (Wildman–Crippen LogP) is 8.15. The van der Waals surface area contributed by atoms with Crippen molar-refractivity contribution in [1.82, 2.24) is 10.2 Å². The van der Waals surface area contributed by atoms with Crippen LogP contribution < -0.4 is 14.8 Å². The maximum absolute atomic E-state index is 10.6. The lowest BCUT2D eigenvalue weighted by molar-refractivity contribution is -0.117. The molecule has 0 aliphatic carbocycles. The number of rotatable bonds is 14. The monoisotopic (exact) mass is 840 g/mol. The van der Waals surface area contributed by atoms with Gasteiger partial charge in [-0.15, -0.1) is 0 Å². The van der Waals surface area contributed by atoms with Crippen molar-refractivity contribution in [2.75, 3.05) is 46.3 Å². The van der Waals surface area contributed by atoms with E-state index < -0.39 is 27.9 Å². The van der Waals surface area contributed by atoms with Gasteiger partial charge < -0.3 is 29.7 Å². The van der Waals surface area contributed by atoms with Crippen molar-refractivity contribution >= 4 is 27.2 Å². The molecule has 0 spiro atoms. The Hall–Kier alpha value is -4.04. The minimum atomic E-state index is -3.28. The molecule has 1 aliphatic rings. The zero-order valence-electron chi connectivity index (χ0n) is 37.8. The van der Waals surface area contributed by atoms with E-state index in [1.54, 1.807) is 27.9 Å². The fourth-order valence-electron chi connectivity index (χ4n) is 5.21. The summed E-state index contributed by atoms with van der Waals surface area (Å²) in [4.78, 5) is 13.0. The summed E-state index contributed by atoms with van der Waals surface area (Å²) in [5, 5.41) is 22.3. The van der Waals surface area contributed by atoms with Crippen molar-refractivity contribution in [3.05, 3.63) is 108 Å². The first-order valence-corrected chi connectivity index (χ1v) is 21.8. The lowest BCUT2D eigenvalue weighted by Crippen LogP contribution is -2.39. The summed E-state index contributed by atoms with van der Waals surface area (Å²) in [5.41, 5.74) is 5.22. The molecule has 1 fully saturated rings. The molecule has 11 nitrogen and oxygen atoms in total. The largest absolute Gasteiger partial charge is 0.491 e. The molecule has 4 rings (SSSR count). The van der Waals surface area contributed by atoms with E-state index in [0.29, 0.717) is 17.7 Å². The van der Waals surface area contributed by atoms with Crippen molar-refractivity contribution < 1.29 is 41.8 Å². The number of methoxy groups -OCH3 is 1. The molecule has 0 radical (unpaired) electrons. The molecule has 3 aromatic carbocycles. The normalized spacial score (nSPS) is 14.3. The fraction of sp³-hybridized carbons (Fsp3) is 0.511. The second-order valence-corrected chi connectivity index (χ2v) is 18.8. The maximum Gasteiger partial charge on any atom is 0.264 e. The number of ether oxygens (including phenoxy) is 3. The van der Waals surface area contributed by atoms with Gasteiger partial charge in [0, 0.05) is 31.3 Å². The summed E-state index contributed by atoms with van der Waals surface area (Å²) in [6.07, 6.45) is 1.84. The summed E-state index contributed by atoms with van der Waals surface area (Å²) in [5.74, 6) is 1.29. The number of nitrogens with one attached hydrogen (secondary N) is 1. The molecule has 2 unspecified atom stereocenters. The zero-order valence-corrected chi connectivity index (χ0v) is 38.6. The molecule has 0 saturated carbocycles. The van der Waals surface area contributed by atoms with Crippen molar-refractivity contribution in [1.29, 1.82) is 0 Å². The van der Waals surface area contributed by atoms with E-state index in [1.165, 1.54) is 19.2 Å². The summed E-state index contributed by atoms with van der Waals surface area (Å²) >= 11 is 0. The number of allylic oxidation sites excluding steroid dienone is 1. The van der Waals surface area contributed by atoms with Crippen molar-refractivity contribution in [3.8, 4) is 11.5 Å². The van der Waals surface area contributed by atoms with Gasteiger partial charge in [-0.05, 0) is 134 Å². The molecule has 2 atom stereocenters. The summed E-state index contributed by atoms with van der Waals surface area (Å²) < 4.78 is 41.8. The Balaban J connectivity index is 0.000000559. The van der Waals surface area contributed by atoms with E-state index in [9.17, 15) is 23.4 Å². The molecule has 3 aromatic rings. The molecule has 59 heavy (non-hydrogen) atoms. The Labute approximate surface area is 355 Å². The molecular formula is C47H72N2O9S. The Kier molecular flexibility index (Phi) is 22.4. The molecular weight excluding hydrogens is 769 g/mol. The first-order valence-electron chi connectivity index (χ1n) is 20.0. The molecule has 1 heterocycles.